The number of H-pyrrole nitrogens is 1. The maximum Gasteiger partial charge on any atom is 0.138 e. The number of hydrogen-bond donors (Lipinski definition) is 2. The minimum absolute atomic E-state index is 0.258. The van der Waals surface area contributed by atoms with Gasteiger partial charge < -0.3 is 10.3 Å². The molecule has 0 radical (unpaired) electrons. The van der Waals surface area contributed by atoms with Crippen LogP contribution < -0.4 is 5.32 Å². The number of hydrogen-bond acceptors (Lipinski definition) is 3. The molecule has 2 N–H and O–H groups in total. The number of aromatic amines is 1. The van der Waals surface area contributed by atoms with E-state index in [1.54, 1.807) is 18.3 Å². The Balaban J connectivity index is 1.52. The van der Waals surface area contributed by atoms with Crippen molar-refractivity contribution in [2.24, 2.45) is 0 Å². The second-order valence-electron chi connectivity index (χ2n) is 6.32. The minimum atomic E-state index is -0.258. The molecule has 0 spiro atoms. The van der Waals surface area contributed by atoms with Crippen molar-refractivity contribution in [1.82, 2.24) is 15.0 Å². The predicted octanol–water partition coefficient (Wildman–Crippen LogP) is 5.66. The lowest BCUT2D eigenvalue weighted by Gasteiger charge is -2.09. The summed E-state index contributed by atoms with van der Waals surface area (Å²) in [5, 5.41) is 4.52. The van der Waals surface area contributed by atoms with E-state index >= 15 is 0 Å². The summed E-state index contributed by atoms with van der Waals surface area (Å²) in [5.41, 5.74) is 5.52. The molecule has 5 aromatic rings. The molecule has 0 fully saturated rings. The summed E-state index contributed by atoms with van der Waals surface area (Å²) in [7, 11) is 0. The smallest absolute Gasteiger partial charge is 0.138 e. The van der Waals surface area contributed by atoms with Crippen LogP contribution in [0.25, 0.3) is 33.3 Å². The SMILES string of the molecule is Fc1ccc(-c2nc3ccc(Nc4ccnc5ccccc45)cc3[nH]2)cc1. The van der Waals surface area contributed by atoms with Gasteiger partial charge in [-0.2, -0.15) is 0 Å². The van der Waals surface area contributed by atoms with Crippen molar-refractivity contribution < 1.29 is 4.39 Å². The van der Waals surface area contributed by atoms with Crippen LogP contribution in [0.1, 0.15) is 0 Å². The van der Waals surface area contributed by atoms with Crippen molar-refractivity contribution in [3.63, 3.8) is 0 Å². The molecular formula is C22H15FN4. The van der Waals surface area contributed by atoms with E-state index in [0.717, 1.165) is 44.7 Å². The van der Waals surface area contributed by atoms with E-state index in [2.05, 4.69) is 20.3 Å². The maximum absolute atomic E-state index is 13.1. The largest absolute Gasteiger partial charge is 0.355 e. The van der Waals surface area contributed by atoms with Gasteiger partial charge in [-0.25, -0.2) is 9.37 Å². The Bertz CT molecular complexity index is 1250. The van der Waals surface area contributed by atoms with Gasteiger partial charge in [-0.3, -0.25) is 4.98 Å². The van der Waals surface area contributed by atoms with Crippen LogP contribution in [0.5, 0.6) is 0 Å². The number of rotatable bonds is 3. The highest BCUT2D eigenvalue weighted by atomic mass is 19.1. The topological polar surface area (TPSA) is 53.6 Å². The van der Waals surface area contributed by atoms with Gasteiger partial charge in [0.25, 0.3) is 0 Å². The predicted molar refractivity (Wildman–Crippen MR) is 107 cm³/mol. The first kappa shape index (κ1) is 15.5. The Kier molecular flexibility index (Phi) is 3.57. The number of anilines is 2. The molecule has 0 aliphatic carbocycles. The monoisotopic (exact) mass is 354 g/mol. The molecule has 4 nitrogen and oxygen atoms in total. The number of pyridine rings is 1. The van der Waals surface area contributed by atoms with Gasteiger partial charge in [-0.15, -0.1) is 0 Å². The zero-order valence-electron chi connectivity index (χ0n) is 14.3. The van der Waals surface area contributed by atoms with Crippen molar-refractivity contribution in [2.75, 3.05) is 5.32 Å². The van der Waals surface area contributed by atoms with E-state index in [9.17, 15) is 4.39 Å². The quantitative estimate of drug-likeness (QED) is 0.439. The van der Waals surface area contributed by atoms with Crippen molar-refractivity contribution in [2.45, 2.75) is 0 Å². The maximum atomic E-state index is 13.1. The fourth-order valence-corrected chi connectivity index (χ4v) is 3.19. The standard InChI is InChI=1S/C22H15FN4/c23-15-7-5-14(6-8-15)22-26-20-10-9-16(13-21(20)27-22)25-19-11-12-24-18-4-2-1-3-17(18)19/h1-13H,(H,24,25)(H,26,27). The third-order valence-corrected chi connectivity index (χ3v) is 4.53. The Morgan fingerprint density at radius 2 is 1.70 bits per heavy atom. The van der Waals surface area contributed by atoms with Crippen LogP contribution in [0.15, 0.2) is 79.0 Å². The number of nitrogens with one attached hydrogen (secondary N) is 2. The van der Waals surface area contributed by atoms with Crippen LogP contribution >= 0.6 is 0 Å². The molecule has 27 heavy (non-hydrogen) atoms. The molecule has 5 rings (SSSR count). The average molecular weight is 354 g/mol. The molecule has 0 saturated heterocycles. The van der Waals surface area contributed by atoms with E-state index in [4.69, 9.17) is 0 Å². The van der Waals surface area contributed by atoms with E-state index in [1.807, 2.05) is 48.5 Å². The number of halogens is 1. The summed E-state index contributed by atoms with van der Waals surface area (Å²) in [6.07, 6.45) is 1.80. The lowest BCUT2D eigenvalue weighted by molar-refractivity contribution is 0.628. The summed E-state index contributed by atoms with van der Waals surface area (Å²) in [6.45, 7) is 0. The third kappa shape index (κ3) is 2.89. The molecule has 5 heteroatoms. The number of para-hydroxylation sites is 1. The highest BCUT2D eigenvalue weighted by Gasteiger charge is 2.07. The van der Waals surface area contributed by atoms with Crippen molar-refractivity contribution >= 4 is 33.3 Å². The molecule has 0 saturated carbocycles. The van der Waals surface area contributed by atoms with Gasteiger partial charge in [-0.05, 0) is 54.6 Å². The van der Waals surface area contributed by atoms with E-state index in [1.165, 1.54) is 12.1 Å². The van der Waals surface area contributed by atoms with Crippen LogP contribution in [-0.4, -0.2) is 15.0 Å². The normalized spacial score (nSPS) is 11.1. The molecule has 0 aliphatic heterocycles. The second kappa shape index (κ2) is 6.21. The highest BCUT2D eigenvalue weighted by Crippen LogP contribution is 2.27. The Hall–Kier alpha value is -3.73. The Morgan fingerprint density at radius 3 is 2.59 bits per heavy atom. The fraction of sp³-hybridized carbons (Fsp3) is 0. The van der Waals surface area contributed by atoms with Gasteiger partial charge in [0, 0.05) is 28.5 Å². The molecule has 130 valence electrons. The number of aromatic nitrogens is 3. The summed E-state index contributed by atoms with van der Waals surface area (Å²) in [6, 6.07) is 22.3. The van der Waals surface area contributed by atoms with Gasteiger partial charge in [0.2, 0.25) is 0 Å². The van der Waals surface area contributed by atoms with Gasteiger partial charge >= 0.3 is 0 Å². The van der Waals surface area contributed by atoms with Crippen LogP contribution in [0.2, 0.25) is 0 Å². The molecule has 0 unspecified atom stereocenters. The van der Waals surface area contributed by atoms with Crippen LogP contribution in [-0.2, 0) is 0 Å². The van der Waals surface area contributed by atoms with Gasteiger partial charge in [0.1, 0.15) is 11.6 Å². The number of imidazole rings is 1. The first-order valence-corrected chi connectivity index (χ1v) is 8.63. The summed E-state index contributed by atoms with van der Waals surface area (Å²) in [4.78, 5) is 12.3. The summed E-state index contributed by atoms with van der Waals surface area (Å²) < 4.78 is 13.1. The summed E-state index contributed by atoms with van der Waals surface area (Å²) in [5.74, 6) is 0.461. The second-order valence-corrected chi connectivity index (χ2v) is 6.32. The molecule has 2 heterocycles. The first-order chi connectivity index (χ1) is 13.3. The van der Waals surface area contributed by atoms with Crippen molar-refractivity contribution in [3.05, 3.63) is 84.8 Å². The lowest BCUT2D eigenvalue weighted by Crippen LogP contribution is -1.92. The highest BCUT2D eigenvalue weighted by molar-refractivity contribution is 5.93. The zero-order valence-corrected chi connectivity index (χ0v) is 14.3. The number of fused-ring (bicyclic) bond motifs is 2. The van der Waals surface area contributed by atoms with Crippen LogP contribution in [0, 0.1) is 5.82 Å². The molecule has 0 atom stereocenters. The number of nitrogens with zero attached hydrogens (tertiary/aromatic N) is 2. The average Bonchev–Trinajstić information content (AvgIpc) is 3.12. The molecule has 0 aliphatic rings. The van der Waals surface area contributed by atoms with E-state index in [-0.39, 0.29) is 5.82 Å². The lowest BCUT2D eigenvalue weighted by atomic mass is 10.2. The zero-order chi connectivity index (χ0) is 18.2. The third-order valence-electron chi connectivity index (χ3n) is 4.53. The van der Waals surface area contributed by atoms with Gasteiger partial charge in [0.05, 0.1) is 16.6 Å². The van der Waals surface area contributed by atoms with Crippen LogP contribution in [0.3, 0.4) is 0 Å². The molecule has 3 aromatic carbocycles. The summed E-state index contributed by atoms with van der Waals surface area (Å²) >= 11 is 0. The minimum Gasteiger partial charge on any atom is -0.355 e. The van der Waals surface area contributed by atoms with Gasteiger partial charge in [-0.1, -0.05) is 18.2 Å². The van der Waals surface area contributed by atoms with Crippen molar-refractivity contribution in [3.8, 4) is 11.4 Å². The van der Waals surface area contributed by atoms with E-state index < -0.39 is 0 Å². The Labute approximate surface area is 154 Å². The van der Waals surface area contributed by atoms with E-state index in [0.29, 0.717) is 0 Å². The molecule has 2 aromatic heterocycles. The molecular weight excluding hydrogens is 339 g/mol. The van der Waals surface area contributed by atoms with Gasteiger partial charge in [0.15, 0.2) is 0 Å². The van der Waals surface area contributed by atoms with Crippen molar-refractivity contribution in [1.29, 1.82) is 0 Å². The Morgan fingerprint density at radius 1 is 0.852 bits per heavy atom. The molecule has 0 bridgehead atoms. The molecule has 0 amide bonds. The van der Waals surface area contributed by atoms with Crippen LogP contribution in [0.4, 0.5) is 15.8 Å². The fourth-order valence-electron chi connectivity index (χ4n) is 3.19. The first-order valence-electron chi connectivity index (χ1n) is 8.63. The number of benzene rings is 3.